The number of benzene rings is 4. The second-order valence-electron chi connectivity index (χ2n) is 20.3. The van der Waals surface area contributed by atoms with Gasteiger partial charge in [-0.15, -0.1) is 18.3 Å². The lowest BCUT2D eigenvalue weighted by atomic mass is 9.55. The van der Waals surface area contributed by atoms with E-state index in [1.165, 1.54) is 43.4 Å². The van der Waals surface area contributed by atoms with Gasteiger partial charge in [0.05, 0.1) is 24.8 Å². The minimum atomic E-state index is -1.39. The molecular weight excluding hydrogens is 949 g/mol. The molecule has 0 spiro atoms. The summed E-state index contributed by atoms with van der Waals surface area (Å²) in [5, 5.41) is 25.3. The van der Waals surface area contributed by atoms with Gasteiger partial charge in [-0.1, -0.05) is 143 Å². The summed E-state index contributed by atoms with van der Waals surface area (Å²) in [5.41, 5.74) is 4.70. The van der Waals surface area contributed by atoms with E-state index in [9.17, 15) is 10.2 Å². The van der Waals surface area contributed by atoms with Gasteiger partial charge in [0.1, 0.15) is 24.1 Å². The number of thioether (sulfide) groups is 1. The predicted molar refractivity (Wildman–Crippen MR) is 294 cm³/mol. The lowest BCUT2D eigenvalue weighted by molar-refractivity contribution is -0.258. The number of amides is 1. The molecule has 6 unspecified atom stereocenters. The molecule has 0 saturated heterocycles. The summed E-state index contributed by atoms with van der Waals surface area (Å²) in [5.74, 6) is 1.77. The SMILES string of the molecule is C=CCOC12Oc3ccc(OCCSc4ccccc4)cc3C3C(CCCCO)C(CCCCO)C=C(C(=NOCc4ccccc4)CC1N(Cc1ccc4c(c1)OCO4)C(=O)CCCCCCCCCCC)C32. The normalized spacial score (nSPS) is 21.8. The summed E-state index contributed by atoms with van der Waals surface area (Å²) in [4.78, 5) is 25.1. The van der Waals surface area contributed by atoms with Crippen molar-refractivity contribution in [3.63, 3.8) is 0 Å². The molecule has 12 heteroatoms. The monoisotopic (exact) mass is 1030 g/mol. The Morgan fingerprint density at radius 2 is 1.53 bits per heavy atom. The Hall–Kier alpha value is -5.27. The van der Waals surface area contributed by atoms with Gasteiger partial charge in [0.2, 0.25) is 18.5 Å². The van der Waals surface area contributed by atoms with E-state index in [-0.39, 0.29) is 63.4 Å². The zero-order chi connectivity index (χ0) is 51.4. The minimum Gasteiger partial charge on any atom is -0.493 e. The van der Waals surface area contributed by atoms with Crippen LogP contribution >= 0.6 is 11.8 Å². The standard InChI is InChI=1S/C62H80N2O9S/c1-3-5-6-7-8-9-10-11-18-29-59(67)64(43-47-30-32-56-57(39-47)70-45-69-56)58-42-54(63-72-44-46-23-14-12-15-24-46)52-40-48(25-19-21-34-65)51(28-20-22-35-66)60-53-41-49(68-37-38-74-50-26-16-13-17-27-50)31-33-55(53)73-62(58,61(52)60)71-36-4-2/h4,12-17,23-24,26-27,30-33,39-41,48,51,58,60-61,65-66H,2-3,5-11,18-22,25,28-29,34-38,42-45H2,1H3. The number of carbonyl (C=O) groups is 1. The molecule has 2 heterocycles. The first-order valence-corrected chi connectivity index (χ1v) is 28.7. The molecule has 398 valence electrons. The lowest BCUT2D eigenvalue weighted by Gasteiger charge is -2.60. The summed E-state index contributed by atoms with van der Waals surface area (Å²) < 4.78 is 33.1. The highest BCUT2D eigenvalue weighted by molar-refractivity contribution is 7.99. The van der Waals surface area contributed by atoms with Crippen LogP contribution in [-0.2, 0) is 27.5 Å². The first-order valence-electron chi connectivity index (χ1n) is 27.7. The predicted octanol–water partition coefficient (Wildman–Crippen LogP) is 13.4. The summed E-state index contributed by atoms with van der Waals surface area (Å²) in [6.07, 6.45) is 19.9. The zero-order valence-electron chi connectivity index (χ0n) is 43.7. The molecule has 1 fully saturated rings. The van der Waals surface area contributed by atoms with E-state index in [4.69, 9.17) is 33.7 Å². The van der Waals surface area contributed by atoms with Crippen LogP contribution < -0.4 is 18.9 Å². The van der Waals surface area contributed by atoms with E-state index in [2.05, 4.69) is 49.9 Å². The van der Waals surface area contributed by atoms with Gasteiger partial charge in [-0.25, -0.2) is 0 Å². The van der Waals surface area contributed by atoms with Crippen LogP contribution in [0.4, 0.5) is 0 Å². The van der Waals surface area contributed by atoms with E-state index < -0.39 is 17.7 Å². The highest BCUT2D eigenvalue weighted by Gasteiger charge is 2.65. The van der Waals surface area contributed by atoms with Gasteiger partial charge in [0.15, 0.2) is 11.5 Å². The number of oxime groups is 1. The molecule has 2 N–H and O–H groups in total. The minimum absolute atomic E-state index is 0.0226. The molecule has 2 aliphatic heterocycles. The van der Waals surface area contributed by atoms with Crippen LogP contribution in [0.3, 0.4) is 0 Å². The maximum Gasteiger partial charge on any atom is 0.239 e. The second kappa shape index (κ2) is 28.6. The summed E-state index contributed by atoms with van der Waals surface area (Å²) in [6.45, 7) is 8.02. The van der Waals surface area contributed by atoms with Crippen molar-refractivity contribution in [2.75, 3.05) is 39.0 Å². The number of aliphatic hydroxyl groups is 2. The maximum atomic E-state index is 15.5. The first-order chi connectivity index (χ1) is 36.5. The molecule has 1 amide bonds. The van der Waals surface area contributed by atoms with Gasteiger partial charge in [-0.3, -0.25) is 4.79 Å². The molecule has 1 saturated carbocycles. The van der Waals surface area contributed by atoms with Crippen LogP contribution in [0.15, 0.2) is 131 Å². The Morgan fingerprint density at radius 1 is 0.811 bits per heavy atom. The lowest BCUT2D eigenvalue weighted by Crippen LogP contribution is -2.70. The number of nitrogens with zero attached hydrogens (tertiary/aromatic N) is 2. The van der Waals surface area contributed by atoms with Crippen molar-refractivity contribution in [2.24, 2.45) is 22.9 Å². The number of aliphatic hydroxyl groups excluding tert-OH is 2. The number of hydrogen-bond acceptors (Lipinski definition) is 11. The highest BCUT2D eigenvalue weighted by atomic mass is 32.2. The van der Waals surface area contributed by atoms with Crippen molar-refractivity contribution in [3.05, 3.63) is 138 Å². The fourth-order valence-corrected chi connectivity index (χ4v) is 12.4. The smallest absolute Gasteiger partial charge is 0.239 e. The van der Waals surface area contributed by atoms with E-state index in [0.29, 0.717) is 49.5 Å². The second-order valence-corrected chi connectivity index (χ2v) is 21.5. The Bertz CT molecular complexity index is 2430. The maximum absolute atomic E-state index is 15.5. The van der Waals surface area contributed by atoms with Crippen LogP contribution in [-0.4, -0.2) is 77.5 Å². The molecule has 11 nitrogen and oxygen atoms in total. The zero-order valence-corrected chi connectivity index (χ0v) is 44.5. The van der Waals surface area contributed by atoms with Gasteiger partial charge in [-0.05, 0) is 103 Å². The average Bonchev–Trinajstić information content (AvgIpc) is 3.91. The van der Waals surface area contributed by atoms with Crippen molar-refractivity contribution in [3.8, 4) is 23.0 Å². The number of rotatable bonds is 32. The number of ether oxygens (including phenoxy) is 5. The third kappa shape index (κ3) is 14.2. The molecule has 74 heavy (non-hydrogen) atoms. The van der Waals surface area contributed by atoms with Gasteiger partial charge in [0, 0.05) is 54.7 Å². The highest BCUT2D eigenvalue weighted by Crippen LogP contribution is 2.62. The molecule has 4 aromatic rings. The van der Waals surface area contributed by atoms with Crippen LogP contribution in [0.5, 0.6) is 23.0 Å². The summed E-state index contributed by atoms with van der Waals surface area (Å²) in [6, 6.07) is 31.9. The van der Waals surface area contributed by atoms with E-state index in [0.717, 1.165) is 84.4 Å². The van der Waals surface area contributed by atoms with Crippen molar-refractivity contribution >= 4 is 23.4 Å². The molecule has 8 rings (SSSR count). The Kier molecular flexibility index (Phi) is 21.2. The number of carbonyl (C=O) groups excluding carboxylic acids is 1. The quantitative estimate of drug-likeness (QED) is 0.0211. The number of hydrogen-bond donors (Lipinski definition) is 2. The number of allylic oxidation sites excluding steroid dienone is 1. The molecule has 6 atom stereocenters. The van der Waals surface area contributed by atoms with Crippen molar-refractivity contribution in [1.29, 1.82) is 0 Å². The van der Waals surface area contributed by atoms with Gasteiger partial charge in [-0.2, -0.15) is 0 Å². The van der Waals surface area contributed by atoms with Gasteiger partial charge >= 0.3 is 0 Å². The first kappa shape index (κ1) is 55.0. The van der Waals surface area contributed by atoms with Crippen LogP contribution in [0, 0.1) is 17.8 Å². The summed E-state index contributed by atoms with van der Waals surface area (Å²) in [7, 11) is 0. The van der Waals surface area contributed by atoms with Crippen molar-refractivity contribution < 1.29 is 43.5 Å². The van der Waals surface area contributed by atoms with Crippen LogP contribution in [0.2, 0.25) is 0 Å². The number of unbranched alkanes of at least 4 members (excludes halogenated alkanes) is 10. The van der Waals surface area contributed by atoms with E-state index in [1.54, 1.807) is 17.8 Å². The van der Waals surface area contributed by atoms with E-state index in [1.807, 2.05) is 71.6 Å². The van der Waals surface area contributed by atoms with Gasteiger partial charge in [0.25, 0.3) is 0 Å². The van der Waals surface area contributed by atoms with Crippen molar-refractivity contribution in [2.45, 2.75) is 152 Å². The Balaban J connectivity index is 1.23. The van der Waals surface area contributed by atoms with Crippen molar-refractivity contribution in [1.82, 2.24) is 4.90 Å². The van der Waals surface area contributed by atoms with Crippen LogP contribution in [0.1, 0.15) is 139 Å². The third-order valence-electron chi connectivity index (χ3n) is 15.2. The molecule has 2 aliphatic carbocycles. The fraction of sp³-hybridized carbons (Fsp3) is 0.516. The molecule has 0 aromatic heterocycles. The molecule has 0 radical (unpaired) electrons. The third-order valence-corrected chi connectivity index (χ3v) is 16.2. The molecule has 0 bridgehead atoms. The fourth-order valence-electron chi connectivity index (χ4n) is 11.7. The van der Waals surface area contributed by atoms with Crippen LogP contribution in [0.25, 0.3) is 0 Å². The summed E-state index contributed by atoms with van der Waals surface area (Å²) >= 11 is 1.76. The largest absolute Gasteiger partial charge is 0.493 e. The Morgan fingerprint density at radius 3 is 2.28 bits per heavy atom. The molecular formula is C62H80N2O9S. The van der Waals surface area contributed by atoms with Gasteiger partial charge < -0.3 is 43.6 Å². The van der Waals surface area contributed by atoms with E-state index >= 15 is 4.79 Å². The average molecular weight is 1030 g/mol. The topological polar surface area (TPSA) is 129 Å². The Labute approximate surface area is 444 Å². The number of fused-ring (bicyclic) bond motifs is 3. The molecule has 4 aliphatic rings. The molecule has 4 aromatic carbocycles.